The molecule has 7 heteroatoms. The van der Waals surface area contributed by atoms with E-state index in [9.17, 15) is 9.18 Å². The summed E-state index contributed by atoms with van der Waals surface area (Å²) in [5.74, 6) is 0.742. The van der Waals surface area contributed by atoms with Gasteiger partial charge in [-0.2, -0.15) is 0 Å². The number of halogens is 1. The number of benzene rings is 2. The highest BCUT2D eigenvalue weighted by Gasteiger charge is 2.23. The van der Waals surface area contributed by atoms with Crippen molar-refractivity contribution in [2.24, 2.45) is 0 Å². The number of carbonyl (C=O) groups is 1. The van der Waals surface area contributed by atoms with Gasteiger partial charge in [0.05, 0.1) is 5.69 Å². The third kappa shape index (κ3) is 4.45. The Morgan fingerprint density at radius 3 is 2.48 bits per heavy atom. The van der Waals surface area contributed by atoms with E-state index in [1.807, 2.05) is 47.1 Å². The maximum absolute atomic E-state index is 13.9. The summed E-state index contributed by atoms with van der Waals surface area (Å²) in [6.45, 7) is 4.40. The first-order chi connectivity index (χ1) is 14.1. The Bertz CT molecular complexity index is 978. The van der Waals surface area contributed by atoms with Crippen LogP contribution in [0.1, 0.15) is 17.9 Å². The van der Waals surface area contributed by atoms with E-state index in [0.717, 1.165) is 11.1 Å². The molecule has 0 atom stereocenters. The first-order valence-corrected chi connectivity index (χ1v) is 9.77. The van der Waals surface area contributed by atoms with Crippen LogP contribution in [0.5, 0.6) is 0 Å². The Morgan fingerprint density at radius 1 is 1.03 bits per heavy atom. The van der Waals surface area contributed by atoms with Gasteiger partial charge in [0, 0.05) is 44.6 Å². The van der Waals surface area contributed by atoms with Crippen molar-refractivity contribution in [3.63, 3.8) is 0 Å². The molecule has 2 aromatic carbocycles. The number of rotatable bonds is 5. The number of nitrogens with zero attached hydrogens (tertiary/aromatic N) is 4. The lowest BCUT2D eigenvalue weighted by atomic mass is 10.1. The maximum atomic E-state index is 13.9. The van der Waals surface area contributed by atoms with Gasteiger partial charge in [-0.05, 0) is 31.2 Å². The Hall–Kier alpha value is -3.22. The third-order valence-electron chi connectivity index (χ3n) is 5.14. The van der Waals surface area contributed by atoms with Crippen molar-refractivity contribution in [1.82, 2.24) is 15.1 Å². The van der Waals surface area contributed by atoms with Crippen LogP contribution in [0.2, 0.25) is 0 Å². The molecular weight excluding hydrogens is 371 g/mol. The van der Waals surface area contributed by atoms with Crippen LogP contribution < -0.4 is 4.90 Å². The highest BCUT2D eigenvalue weighted by atomic mass is 19.1. The summed E-state index contributed by atoms with van der Waals surface area (Å²) in [7, 11) is 0. The molecule has 1 saturated heterocycles. The summed E-state index contributed by atoms with van der Waals surface area (Å²) in [5, 5.41) is 8.13. The van der Waals surface area contributed by atoms with Crippen molar-refractivity contribution in [2.45, 2.75) is 19.8 Å². The quantitative estimate of drug-likeness (QED) is 0.663. The molecule has 0 unspecified atom stereocenters. The molecule has 0 spiro atoms. The van der Waals surface area contributed by atoms with Crippen molar-refractivity contribution in [3.8, 4) is 11.5 Å². The second kappa shape index (κ2) is 8.43. The van der Waals surface area contributed by atoms with Crippen LogP contribution in [-0.4, -0.2) is 47.2 Å². The summed E-state index contributed by atoms with van der Waals surface area (Å²) < 4.78 is 19.6. The molecule has 1 aliphatic rings. The van der Waals surface area contributed by atoms with Gasteiger partial charge in [0.25, 0.3) is 0 Å². The molecule has 0 N–H and O–H groups in total. The lowest BCUT2D eigenvalue weighted by Crippen LogP contribution is -2.49. The molecule has 1 fully saturated rings. The number of anilines is 1. The monoisotopic (exact) mass is 394 g/mol. The fraction of sp³-hybridized carbons (Fsp3) is 0.318. The van der Waals surface area contributed by atoms with Crippen LogP contribution in [-0.2, 0) is 11.2 Å². The van der Waals surface area contributed by atoms with Gasteiger partial charge in [-0.15, -0.1) is 10.2 Å². The molecule has 1 aliphatic heterocycles. The fourth-order valence-corrected chi connectivity index (χ4v) is 3.44. The molecule has 0 radical (unpaired) electrons. The van der Waals surface area contributed by atoms with Gasteiger partial charge in [0.1, 0.15) is 5.82 Å². The Balaban J connectivity index is 1.29. The van der Waals surface area contributed by atoms with Crippen LogP contribution >= 0.6 is 0 Å². The van der Waals surface area contributed by atoms with Gasteiger partial charge in [-0.25, -0.2) is 4.39 Å². The lowest BCUT2D eigenvalue weighted by molar-refractivity contribution is -0.131. The van der Waals surface area contributed by atoms with E-state index in [-0.39, 0.29) is 11.7 Å². The van der Waals surface area contributed by atoms with Crippen molar-refractivity contribution in [2.75, 3.05) is 31.1 Å². The molecule has 0 aliphatic carbocycles. The lowest BCUT2D eigenvalue weighted by Gasteiger charge is -2.36. The topological polar surface area (TPSA) is 62.5 Å². The summed E-state index contributed by atoms with van der Waals surface area (Å²) in [4.78, 5) is 16.3. The molecule has 2 heterocycles. The average molecular weight is 394 g/mol. The van der Waals surface area contributed by atoms with Gasteiger partial charge in [-0.3, -0.25) is 4.79 Å². The number of carbonyl (C=O) groups excluding carboxylic acids is 1. The molecule has 0 saturated carbocycles. The summed E-state index contributed by atoms with van der Waals surface area (Å²) in [5.41, 5.74) is 2.62. The number of piperazine rings is 1. The predicted octanol–water partition coefficient (Wildman–Crippen LogP) is 3.47. The highest BCUT2D eigenvalue weighted by molar-refractivity contribution is 5.76. The third-order valence-corrected chi connectivity index (χ3v) is 5.14. The Morgan fingerprint density at radius 2 is 1.76 bits per heavy atom. The predicted molar refractivity (Wildman–Crippen MR) is 108 cm³/mol. The number of aromatic nitrogens is 2. The van der Waals surface area contributed by atoms with Crippen LogP contribution in [0.25, 0.3) is 11.5 Å². The molecule has 0 bridgehead atoms. The van der Waals surface area contributed by atoms with Crippen molar-refractivity contribution in [1.29, 1.82) is 0 Å². The zero-order valence-corrected chi connectivity index (χ0v) is 16.3. The fourth-order valence-electron chi connectivity index (χ4n) is 3.44. The standard InChI is InChI=1S/C22H23FN4O2/c1-16-6-8-17(9-7-16)22-25-24-20(29-22)10-11-21(28)27-14-12-26(13-15-27)19-5-3-2-4-18(19)23/h2-9H,10-15H2,1H3. The largest absolute Gasteiger partial charge is 0.421 e. The zero-order chi connectivity index (χ0) is 20.2. The summed E-state index contributed by atoms with van der Waals surface area (Å²) in [6, 6.07) is 14.6. The average Bonchev–Trinajstić information content (AvgIpc) is 3.22. The SMILES string of the molecule is Cc1ccc(-c2nnc(CCC(=O)N3CCN(c4ccccc4F)CC3)o2)cc1. The number of para-hydroxylation sites is 1. The molecular formula is C22H23FN4O2. The molecule has 3 aromatic rings. The molecule has 1 aromatic heterocycles. The van der Waals surface area contributed by atoms with E-state index >= 15 is 0 Å². The molecule has 150 valence electrons. The highest BCUT2D eigenvalue weighted by Crippen LogP contribution is 2.21. The zero-order valence-electron chi connectivity index (χ0n) is 16.3. The smallest absolute Gasteiger partial charge is 0.247 e. The summed E-state index contributed by atoms with van der Waals surface area (Å²) in [6.07, 6.45) is 0.723. The Labute approximate surface area is 169 Å². The van der Waals surface area contributed by atoms with Crippen LogP contribution in [0.4, 0.5) is 10.1 Å². The summed E-state index contributed by atoms with van der Waals surface area (Å²) >= 11 is 0. The van der Waals surface area contributed by atoms with Crippen LogP contribution in [0.3, 0.4) is 0 Å². The number of hydrogen-bond acceptors (Lipinski definition) is 5. The van der Waals surface area contributed by atoms with Crippen LogP contribution in [0, 0.1) is 12.7 Å². The minimum Gasteiger partial charge on any atom is -0.421 e. The minimum atomic E-state index is -0.229. The van der Waals surface area contributed by atoms with E-state index in [1.54, 1.807) is 12.1 Å². The van der Waals surface area contributed by atoms with Gasteiger partial charge < -0.3 is 14.2 Å². The second-order valence-corrected chi connectivity index (χ2v) is 7.19. The first kappa shape index (κ1) is 19.1. The molecule has 1 amide bonds. The number of aryl methyl sites for hydroxylation is 2. The molecule has 6 nitrogen and oxygen atoms in total. The van der Waals surface area contributed by atoms with Gasteiger partial charge in [0.2, 0.25) is 17.7 Å². The molecule has 29 heavy (non-hydrogen) atoms. The van der Waals surface area contributed by atoms with Crippen molar-refractivity contribution in [3.05, 3.63) is 65.8 Å². The van der Waals surface area contributed by atoms with E-state index < -0.39 is 0 Å². The van der Waals surface area contributed by atoms with E-state index in [2.05, 4.69) is 10.2 Å². The van der Waals surface area contributed by atoms with Crippen molar-refractivity contribution >= 4 is 11.6 Å². The maximum Gasteiger partial charge on any atom is 0.247 e. The second-order valence-electron chi connectivity index (χ2n) is 7.19. The van der Waals surface area contributed by atoms with Crippen molar-refractivity contribution < 1.29 is 13.6 Å². The van der Waals surface area contributed by atoms with E-state index in [0.29, 0.717) is 56.5 Å². The van der Waals surface area contributed by atoms with E-state index in [4.69, 9.17) is 4.42 Å². The molecule has 4 rings (SSSR count). The number of amides is 1. The first-order valence-electron chi connectivity index (χ1n) is 9.77. The number of hydrogen-bond donors (Lipinski definition) is 0. The van der Waals surface area contributed by atoms with Gasteiger partial charge in [-0.1, -0.05) is 29.8 Å². The Kier molecular flexibility index (Phi) is 5.55. The normalized spacial score (nSPS) is 14.3. The van der Waals surface area contributed by atoms with Gasteiger partial charge in [0.15, 0.2) is 0 Å². The van der Waals surface area contributed by atoms with Gasteiger partial charge >= 0.3 is 0 Å². The minimum absolute atomic E-state index is 0.0493. The van der Waals surface area contributed by atoms with E-state index in [1.165, 1.54) is 6.07 Å². The van der Waals surface area contributed by atoms with Crippen LogP contribution in [0.15, 0.2) is 52.9 Å².